The molecule has 0 amide bonds. The summed E-state index contributed by atoms with van der Waals surface area (Å²) in [5.74, 6) is 0.671. The van der Waals surface area contributed by atoms with E-state index >= 15 is 0 Å². The first kappa shape index (κ1) is 13.5. The van der Waals surface area contributed by atoms with E-state index in [0.29, 0.717) is 5.88 Å². The van der Waals surface area contributed by atoms with Crippen LogP contribution in [0, 0.1) is 0 Å². The zero-order valence-electron chi connectivity index (χ0n) is 10.5. The van der Waals surface area contributed by atoms with Crippen LogP contribution in [0.3, 0.4) is 0 Å². The van der Waals surface area contributed by atoms with E-state index in [1.165, 1.54) is 11.1 Å². The second-order valence-corrected chi connectivity index (χ2v) is 5.18. The molecular formula is C14H22ClN. The van der Waals surface area contributed by atoms with Crippen molar-refractivity contribution in [2.45, 2.75) is 32.6 Å². The Morgan fingerprint density at radius 2 is 1.81 bits per heavy atom. The number of nitrogens with one attached hydrogen (secondary N) is 1. The number of hydrogen-bond acceptors (Lipinski definition) is 1. The van der Waals surface area contributed by atoms with Gasteiger partial charge in [0.15, 0.2) is 0 Å². The van der Waals surface area contributed by atoms with Crippen molar-refractivity contribution in [1.82, 2.24) is 5.32 Å². The van der Waals surface area contributed by atoms with Gasteiger partial charge in [-0.25, -0.2) is 0 Å². The van der Waals surface area contributed by atoms with Crippen LogP contribution in [0.15, 0.2) is 24.3 Å². The molecule has 0 atom stereocenters. The molecule has 1 nitrogen and oxygen atoms in total. The molecule has 90 valence electrons. The summed E-state index contributed by atoms with van der Waals surface area (Å²) >= 11 is 5.65. The Bertz CT molecular complexity index is 303. The summed E-state index contributed by atoms with van der Waals surface area (Å²) in [5.41, 5.74) is 2.94. The van der Waals surface area contributed by atoms with Crippen LogP contribution in [0.2, 0.25) is 0 Å². The fourth-order valence-corrected chi connectivity index (χ4v) is 1.90. The number of alkyl halides is 1. The highest BCUT2D eigenvalue weighted by molar-refractivity contribution is 6.18. The molecule has 1 aromatic rings. The molecule has 0 fully saturated rings. The Kier molecular flexibility index (Phi) is 5.30. The van der Waals surface area contributed by atoms with Crippen LogP contribution in [-0.2, 0) is 11.8 Å². The van der Waals surface area contributed by atoms with Gasteiger partial charge in [0.2, 0.25) is 0 Å². The predicted octanol–water partition coefficient (Wildman–Crippen LogP) is 3.36. The van der Waals surface area contributed by atoms with Gasteiger partial charge in [-0.05, 0) is 17.5 Å². The van der Waals surface area contributed by atoms with Gasteiger partial charge in [-0.2, -0.15) is 0 Å². The van der Waals surface area contributed by atoms with E-state index in [0.717, 1.165) is 19.5 Å². The molecule has 0 bridgehead atoms. The first-order valence-electron chi connectivity index (χ1n) is 5.96. The van der Waals surface area contributed by atoms with Gasteiger partial charge in [-0.1, -0.05) is 45.0 Å². The lowest BCUT2D eigenvalue weighted by molar-refractivity contribution is 0.478. The number of benzene rings is 1. The summed E-state index contributed by atoms with van der Waals surface area (Å²) in [7, 11) is 0. The topological polar surface area (TPSA) is 12.0 Å². The van der Waals surface area contributed by atoms with Crippen LogP contribution in [0.25, 0.3) is 0 Å². The van der Waals surface area contributed by atoms with Crippen LogP contribution in [-0.4, -0.2) is 19.0 Å². The molecule has 1 aromatic carbocycles. The molecule has 0 spiro atoms. The Morgan fingerprint density at radius 1 is 1.19 bits per heavy atom. The highest BCUT2D eigenvalue weighted by Gasteiger charge is 2.19. The summed E-state index contributed by atoms with van der Waals surface area (Å²) < 4.78 is 0. The zero-order valence-corrected chi connectivity index (χ0v) is 11.3. The zero-order chi connectivity index (χ0) is 12.0. The number of aryl methyl sites for hydroxylation is 1. The molecule has 0 aliphatic heterocycles. The quantitative estimate of drug-likeness (QED) is 0.593. The Hall–Kier alpha value is -0.530. The third kappa shape index (κ3) is 3.80. The number of rotatable bonds is 6. The molecule has 0 aromatic heterocycles. The van der Waals surface area contributed by atoms with E-state index in [-0.39, 0.29) is 5.41 Å². The third-order valence-electron chi connectivity index (χ3n) is 2.98. The monoisotopic (exact) mass is 239 g/mol. The summed E-state index contributed by atoms with van der Waals surface area (Å²) in [5, 5.41) is 3.37. The molecule has 1 N–H and O–H groups in total. The molecule has 0 aliphatic carbocycles. The first-order chi connectivity index (χ1) is 7.60. The standard InChI is InChI=1S/C14H22ClN/c1-4-12-5-7-13(8-6-12)14(2,3)11-16-10-9-15/h5-8,16H,4,9-11H2,1-3H3. The highest BCUT2D eigenvalue weighted by atomic mass is 35.5. The minimum Gasteiger partial charge on any atom is -0.315 e. The van der Waals surface area contributed by atoms with E-state index in [9.17, 15) is 0 Å². The molecule has 0 heterocycles. The summed E-state index contributed by atoms with van der Waals surface area (Å²) in [6.07, 6.45) is 1.10. The van der Waals surface area contributed by atoms with Crippen molar-refractivity contribution < 1.29 is 0 Å². The van der Waals surface area contributed by atoms with Gasteiger partial charge in [0, 0.05) is 24.4 Å². The van der Waals surface area contributed by atoms with Gasteiger partial charge >= 0.3 is 0 Å². The molecular weight excluding hydrogens is 218 g/mol. The predicted molar refractivity (Wildman–Crippen MR) is 72.4 cm³/mol. The Labute approximate surface area is 104 Å². The van der Waals surface area contributed by atoms with E-state index in [2.05, 4.69) is 50.4 Å². The average molecular weight is 240 g/mol. The van der Waals surface area contributed by atoms with Gasteiger partial charge in [0.05, 0.1) is 0 Å². The highest BCUT2D eigenvalue weighted by Crippen LogP contribution is 2.22. The van der Waals surface area contributed by atoms with Crippen molar-refractivity contribution in [2.24, 2.45) is 0 Å². The van der Waals surface area contributed by atoms with E-state index < -0.39 is 0 Å². The van der Waals surface area contributed by atoms with Crippen molar-refractivity contribution >= 4 is 11.6 Å². The molecule has 0 saturated heterocycles. The minimum absolute atomic E-state index is 0.165. The van der Waals surface area contributed by atoms with Crippen LogP contribution < -0.4 is 5.32 Å². The van der Waals surface area contributed by atoms with E-state index in [1.54, 1.807) is 0 Å². The summed E-state index contributed by atoms with van der Waals surface area (Å²) in [4.78, 5) is 0. The van der Waals surface area contributed by atoms with Gasteiger partial charge in [0.1, 0.15) is 0 Å². The maximum Gasteiger partial charge on any atom is 0.0348 e. The second-order valence-electron chi connectivity index (χ2n) is 4.80. The maximum absolute atomic E-state index is 5.65. The average Bonchev–Trinajstić information content (AvgIpc) is 2.29. The van der Waals surface area contributed by atoms with Crippen molar-refractivity contribution in [3.05, 3.63) is 35.4 Å². The van der Waals surface area contributed by atoms with Gasteiger partial charge < -0.3 is 5.32 Å². The minimum atomic E-state index is 0.165. The van der Waals surface area contributed by atoms with Crippen molar-refractivity contribution in [3.8, 4) is 0 Å². The molecule has 0 aliphatic rings. The largest absolute Gasteiger partial charge is 0.315 e. The van der Waals surface area contributed by atoms with Crippen molar-refractivity contribution in [2.75, 3.05) is 19.0 Å². The van der Waals surface area contributed by atoms with E-state index in [1.807, 2.05) is 0 Å². The first-order valence-corrected chi connectivity index (χ1v) is 6.49. The molecule has 0 saturated carbocycles. The summed E-state index contributed by atoms with van der Waals surface area (Å²) in [6.45, 7) is 8.54. The van der Waals surface area contributed by atoms with Crippen molar-refractivity contribution in [3.63, 3.8) is 0 Å². The fraction of sp³-hybridized carbons (Fsp3) is 0.571. The molecule has 1 rings (SSSR count). The molecule has 2 heteroatoms. The molecule has 0 unspecified atom stereocenters. The third-order valence-corrected chi connectivity index (χ3v) is 3.17. The lowest BCUT2D eigenvalue weighted by atomic mass is 9.84. The second kappa shape index (κ2) is 6.27. The normalized spacial score (nSPS) is 11.8. The SMILES string of the molecule is CCc1ccc(C(C)(C)CNCCCl)cc1. The van der Waals surface area contributed by atoms with Crippen LogP contribution in [0.4, 0.5) is 0 Å². The van der Waals surface area contributed by atoms with Gasteiger partial charge in [-0.15, -0.1) is 11.6 Å². The van der Waals surface area contributed by atoms with Crippen LogP contribution in [0.5, 0.6) is 0 Å². The van der Waals surface area contributed by atoms with Gasteiger partial charge in [-0.3, -0.25) is 0 Å². The van der Waals surface area contributed by atoms with Crippen LogP contribution in [0.1, 0.15) is 31.9 Å². The summed E-state index contributed by atoms with van der Waals surface area (Å²) in [6, 6.07) is 8.92. The van der Waals surface area contributed by atoms with E-state index in [4.69, 9.17) is 11.6 Å². The molecule has 16 heavy (non-hydrogen) atoms. The maximum atomic E-state index is 5.65. The fourth-order valence-electron chi connectivity index (χ4n) is 1.76. The lowest BCUT2D eigenvalue weighted by Crippen LogP contribution is -2.33. The number of hydrogen-bond donors (Lipinski definition) is 1. The Balaban J connectivity index is 2.65. The lowest BCUT2D eigenvalue weighted by Gasteiger charge is -2.26. The smallest absolute Gasteiger partial charge is 0.0348 e. The van der Waals surface area contributed by atoms with Crippen LogP contribution >= 0.6 is 11.6 Å². The van der Waals surface area contributed by atoms with Crippen molar-refractivity contribution in [1.29, 1.82) is 0 Å². The Morgan fingerprint density at radius 3 is 2.31 bits per heavy atom. The number of halogens is 1. The van der Waals surface area contributed by atoms with Gasteiger partial charge in [0.25, 0.3) is 0 Å². The molecule has 0 radical (unpaired) electrons.